The van der Waals surface area contributed by atoms with Gasteiger partial charge in [-0.1, -0.05) is 30.3 Å². The van der Waals surface area contributed by atoms with Crippen molar-refractivity contribution in [3.05, 3.63) is 72.1 Å². The summed E-state index contributed by atoms with van der Waals surface area (Å²) in [4.78, 5) is 33.7. The quantitative estimate of drug-likeness (QED) is 0.576. The molecule has 2 aromatic carbocycles. The molecule has 172 valence electrons. The van der Waals surface area contributed by atoms with Gasteiger partial charge in [0, 0.05) is 51.0 Å². The largest absolute Gasteiger partial charge is 0.494 e. The molecule has 4 rings (SSSR count). The average molecular weight is 447 g/mol. The number of aromatic nitrogens is 1. The molecular formula is C26H30N4O3. The van der Waals surface area contributed by atoms with Crippen LogP contribution in [-0.2, 0) is 22.7 Å². The molecule has 1 aliphatic rings. The lowest BCUT2D eigenvalue weighted by Crippen LogP contribution is -2.56. The molecule has 7 nitrogen and oxygen atoms in total. The van der Waals surface area contributed by atoms with Crippen LogP contribution in [0.25, 0.3) is 10.8 Å². The number of nitrogens with one attached hydrogen (secondary N) is 1. The standard InChI is InChI=1S/C26H30N4O3/c1-3-33-22-9-7-19(8-10-22)17-30-14-13-28-26(32)24(30)15-25(31)29(2)18-21-6-4-5-20-16-27-12-11-23(20)21/h4-12,16,24H,3,13-15,17-18H2,1-2H3,(H,28,32). The summed E-state index contributed by atoms with van der Waals surface area (Å²) in [5.41, 5.74) is 2.15. The summed E-state index contributed by atoms with van der Waals surface area (Å²) >= 11 is 0. The van der Waals surface area contributed by atoms with E-state index in [0.29, 0.717) is 32.8 Å². The molecule has 1 N–H and O–H groups in total. The molecule has 1 aliphatic heterocycles. The summed E-state index contributed by atoms with van der Waals surface area (Å²) in [5.74, 6) is 0.681. The van der Waals surface area contributed by atoms with Gasteiger partial charge in [0.2, 0.25) is 11.8 Å². The highest BCUT2D eigenvalue weighted by molar-refractivity contribution is 5.89. The van der Waals surface area contributed by atoms with Crippen molar-refractivity contribution in [2.45, 2.75) is 32.5 Å². The number of piperazine rings is 1. The van der Waals surface area contributed by atoms with Crippen molar-refractivity contribution in [3.63, 3.8) is 0 Å². The predicted molar refractivity (Wildman–Crippen MR) is 128 cm³/mol. The molecule has 1 saturated heterocycles. The third-order valence-corrected chi connectivity index (χ3v) is 6.03. The predicted octanol–water partition coefficient (Wildman–Crippen LogP) is 2.98. The highest BCUT2D eigenvalue weighted by atomic mass is 16.5. The number of ether oxygens (including phenoxy) is 1. The fourth-order valence-corrected chi connectivity index (χ4v) is 4.26. The van der Waals surface area contributed by atoms with E-state index < -0.39 is 6.04 Å². The van der Waals surface area contributed by atoms with Gasteiger partial charge in [-0.2, -0.15) is 0 Å². The van der Waals surface area contributed by atoms with Crippen LogP contribution in [0.1, 0.15) is 24.5 Å². The van der Waals surface area contributed by atoms with Crippen LogP contribution in [-0.4, -0.2) is 59.4 Å². The Morgan fingerprint density at radius 1 is 1.21 bits per heavy atom. The zero-order valence-corrected chi connectivity index (χ0v) is 19.2. The molecule has 0 spiro atoms. The first-order chi connectivity index (χ1) is 16.0. The van der Waals surface area contributed by atoms with Gasteiger partial charge in [0.25, 0.3) is 0 Å². The molecule has 1 aromatic heterocycles. The van der Waals surface area contributed by atoms with Crippen LogP contribution < -0.4 is 10.1 Å². The third kappa shape index (κ3) is 5.49. The van der Waals surface area contributed by atoms with Crippen LogP contribution >= 0.6 is 0 Å². The van der Waals surface area contributed by atoms with Gasteiger partial charge in [-0.05, 0) is 41.6 Å². The minimum Gasteiger partial charge on any atom is -0.494 e. The Balaban J connectivity index is 1.43. The molecule has 0 radical (unpaired) electrons. The molecule has 2 heterocycles. The number of hydrogen-bond acceptors (Lipinski definition) is 5. The minimum atomic E-state index is -0.489. The maximum Gasteiger partial charge on any atom is 0.237 e. The van der Waals surface area contributed by atoms with Gasteiger partial charge in [-0.25, -0.2) is 0 Å². The van der Waals surface area contributed by atoms with E-state index in [2.05, 4.69) is 15.2 Å². The van der Waals surface area contributed by atoms with Gasteiger partial charge in [0.15, 0.2) is 0 Å². The van der Waals surface area contributed by atoms with E-state index in [1.54, 1.807) is 18.1 Å². The zero-order chi connectivity index (χ0) is 23.2. The van der Waals surface area contributed by atoms with E-state index in [1.807, 2.05) is 61.7 Å². The molecule has 33 heavy (non-hydrogen) atoms. The third-order valence-electron chi connectivity index (χ3n) is 6.03. The first-order valence-corrected chi connectivity index (χ1v) is 11.3. The van der Waals surface area contributed by atoms with Crippen molar-refractivity contribution in [1.29, 1.82) is 0 Å². The van der Waals surface area contributed by atoms with Gasteiger partial charge in [-0.15, -0.1) is 0 Å². The Hall–Kier alpha value is -3.45. The Morgan fingerprint density at radius 3 is 2.82 bits per heavy atom. The van der Waals surface area contributed by atoms with E-state index in [1.165, 1.54) is 0 Å². The van der Waals surface area contributed by atoms with Crippen molar-refractivity contribution in [3.8, 4) is 5.75 Å². The van der Waals surface area contributed by atoms with Gasteiger partial charge < -0.3 is 15.0 Å². The summed E-state index contributed by atoms with van der Waals surface area (Å²) in [6.45, 7) is 4.96. The first kappa shape index (κ1) is 22.7. The van der Waals surface area contributed by atoms with Gasteiger partial charge in [0.05, 0.1) is 19.1 Å². The van der Waals surface area contributed by atoms with Crippen LogP contribution in [0.15, 0.2) is 60.9 Å². The Kier molecular flexibility index (Phi) is 7.19. The van der Waals surface area contributed by atoms with Crippen LogP contribution in [0.5, 0.6) is 5.75 Å². The van der Waals surface area contributed by atoms with Gasteiger partial charge >= 0.3 is 0 Å². The van der Waals surface area contributed by atoms with E-state index >= 15 is 0 Å². The molecular weight excluding hydrogens is 416 g/mol. The zero-order valence-electron chi connectivity index (χ0n) is 19.2. The van der Waals surface area contributed by atoms with Crippen molar-refractivity contribution in [1.82, 2.24) is 20.1 Å². The summed E-state index contributed by atoms with van der Waals surface area (Å²) < 4.78 is 5.51. The average Bonchev–Trinajstić information content (AvgIpc) is 2.83. The summed E-state index contributed by atoms with van der Waals surface area (Å²) in [5, 5.41) is 5.04. The second-order valence-electron chi connectivity index (χ2n) is 8.32. The maximum atomic E-state index is 13.1. The van der Waals surface area contributed by atoms with E-state index in [-0.39, 0.29) is 18.2 Å². The van der Waals surface area contributed by atoms with E-state index in [0.717, 1.165) is 27.6 Å². The monoisotopic (exact) mass is 446 g/mol. The molecule has 0 saturated carbocycles. The Morgan fingerprint density at radius 2 is 2.03 bits per heavy atom. The van der Waals surface area contributed by atoms with Crippen molar-refractivity contribution < 1.29 is 14.3 Å². The van der Waals surface area contributed by atoms with Crippen LogP contribution in [0.3, 0.4) is 0 Å². The minimum absolute atomic E-state index is 0.0557. The Labute approximate surface area is 194 Å². The Bertz CT molecular complexity index is 1110. The molecule has 2 amide bonds. The number of rotatable bonds is 8. The molecule has 1 fully saturated rings. The molecule has 7 heteroatoms. The second-order valence-corrected chi connectivity index (χ2v) is 8.32. The van der Waals surface area contributed by atoms with Crippen LogP contribution in [0.4, 0.5) is 0 Å². The number of amides is 2. The van der Waals surface area contributed by atoms with E-state index in [4.69, 9.17) is 4.74 Å². The summed E-state index contributed by atoms with van der Waals surface area (Å²) in [7, 11) is 1.79. The molecule has 3 aromatic rings. The van der Waals surface area contributed by atoms with E-state index in [9.17, 15) is 9.59 Å². The second kappa shape index (κ2) is 10.4. The molecule has 0 bridgehead atoms. The number of carbonyl (C=O) groups excluding carboxylic acids is 2. The topological polar surface area (TPSA) is 74.8 Å². The highest BCUT2D eigenvalue weighted by Gasteiger charge is 2.32. The van der Waals surface area contributed by atoms with Crippen LogP contribution in [0.2, 0.25) is 0 Å². The molecule has 0 aliphatic carbocycles. The fraction of sp³-hybridized carbons (Fsp3) is 0.346. The number of nitrogens with zero attached hydrogens (tertiary/aromatic N) is 3. The molecule has 1 unspecified atom stereocenters. The summed E-state index contributed by atoms with van der Waals surface area (Å²) in [6, 6.07) is 15.4. The normalized spacial score (nSPS) is 16.4. The number of fused-ring (bicyclic) bond motifs is 1. The maximum absolute atomic E-state index is 13.1. The number of hydrogen-bond donors (Lipinski definition) is 1. The van der Waals surface area contributed by atoms with Gasteiger partial charge in [0.1, 0.15) is 5.75 Å². The smallest absolute Gasteiger partial charge is 0.237 e. The lowest BCUT2D eigenvalue weighted by Gasteiger charge is -2.35. The van der Waals surface area contributed by atoms with Crippen LogP contribution in [0, 0.1) is 0 Å². The number of pyridine rings is 1. The number of carbonyl (C=O) groups is 2. The lowest BCUT2D eigenvalue weighted by atomic mass is 10.0. The highest BCUT2D eigenvalue weighted by Crippen LogP contribution is 2.21. The lowest BCUT2D eigenvalue weighted by molar-refractivity contribution is -0.138. The molecule has 1 atom stereocenters. The van der Waals surface area contributed by atoms with Crippen molar-refractivity contribution >= 4 is 22.6 Å². The van der Waals surface area contributed by atoms with Crippen molar-refractivity contribution in [2.75, 3.05) is 26.7 Å². The fourth-order valence-electron chi connectivity index (χ4n) is 4.26. The van der Waals surface area contributed by atoms with Gasteiger partial charge in [-0.3, -0.25) is 19.5 Å². The SMILES string of the molecule is CCOc1ccc(CN2CCNC(=O)C2CC(=O)N(C)Cc2cccc3cnccc23)cc1. The van der Waals surface area contributed by atoms with Crippen molar-refractivity contribution in [2.24, 2.45) is 0 Å². The number of benzene rings is 2. The first-order valence-electron chi connectivity index (χ1n) is 11.3. The summed E-state index contributed by atoms with van der Waals surface area (Å²) in [6.07, 6.45) is 3.73.